The van der Waals surface area contributed by atoms with Crippen LogP contribution in [0, 0.1) is 0 Å². The highest BCUT2D eigenvalue weighted by molar-refractivity contribution is 6.02. The fourth-order valence-electron chi connectivity index (χ4n) is 1.12. The second kappa shape index (κ2) is 11.6. The van der Waals surface area contributed by atoms with E-state index >= 15 is 0 Å². The molecule has 0 aromatic carbocycles. The molecular weight excluding hydrogens is 300 g/mol. The molecule has 0 bridgehead atoms. The van der Waals surface area contributed by atoms with Crippen LogP contribution in [0.5, 0.6) is 0 Å². The van der Waals surface area contributed by atoms with Crippen LogP contribution in [-0.4, -0.2) is 23.9 Å². The summed E-state index contributed by atoms with van der Waals surface area (Å²) in [6.07, 6.45) is 10.8. The number of allylic oxidation sites excluding steroid dienone is 6. The van der Waals surface area contributed by atoms with Crippen LogP contribution in [-0.2, 0) is 28.7 Å². The van der Waals surface area contributed by atoms with Gasteiger partial charge in [0.25, 0.3) is 0 Å². The Morgan fingerprint density at radius 1 is 0.826 bits per heavy atom. The lowest BCUT2D eigenvalue weighted by atomic mass is 10.2. The Labute approximate surface area is 134 Å². The van der Waals surface area contributed by atoms with Gasteiger partial charge >= 0.3 is 23.9 Å². The average Bonchev–Trinajstić information content (AvgIpc) is 2.47. The summed E-state index contributed by atoms with van der Waals surface area (Å²) in [5, 5.41) is 0. The van der Waals surface area contributed by atoms with Crippen LogP contribution < -0.4 is 0 Å². The quantitative estimate of drug-likeness (QED) is 0.310. The Hall–Kier alpha value is -3.02. The van der Waals surface area contributed by atoms with E-state index in [0.717, 1.165) is 12.2 Å². The van der Waals surface area contributed by atoms with Crippen molar-refractivity contribution in [2.24, 2.45) is 0 Å². The monoisotopic (exact) mass is 318 g/mol. The van der Waals surface area contributed by atoms with Crippen LogP contribution >= 0.6 is 0 Å². The van der Waals surface area contributed by atoms with Gasteiger partial charge in [-0.25, -0.2) is 14.4 Å². The minimum Gasteiger partial charge on any atom is -0.390 e. The molecule has 0 aromatic heterocycles. The number of hydrogen-bond donors (Lipinski definition) is 0. The predicted octanol–water partition coefficient (Wildman–Crippen LogP) is 2.34. The molecule has 0 heterocycles. The van der Waals surface area contributed by atoms with Crippen molar-refractivity contribution in [3.63, 3.8) is 0 Å². The van der Waals surface area contributed by atoms with Crippen LogP contribution in [0.2, 0.25) is 0 Å². The summed E-state index contributed by atoms with van der Waals surface area (Å²) in [7, 11) is 0. The van der Waals surface area contributed by atoms with Crippen LogP contribution in [0.15, 0.2) is 60.8 Å². The zero-order chi connectivity index (χ0) is 17.7. The Bertz CT molecular complexity index is 590. The molecule has 0 fully saturated rings. The van der Waals surface area contributed by atoms with Gasteiger partial charge in [-0.05, 0) is 13.8 Å². The Balaban J connectivity index is 4.36. The van der Waals surface area contributed by atoms with Crippen molar-refractivity contribution >= 4 is 23.9 Å². The van der Waals surface area contributed by atoms with Gasteiger partial charge in [0.05, 0.1) is 6.42 Å². The van der Waals surface area contributed by atoms with Crippen LogP contribution in [0.1, 0.15) is 20.3 Å². The lowest BCUT2D eigenvalue weighted by molar-refractivity contribution is -0.159. The number of hydrogen-bond acceptors (Lipinski definition) is 6. The standard InChI is InChI=1S/C17H18O6/c1-4-6-8-10-14(18)22-16(20)12-13(3)17(21)23-15(19)11-9-7-5-2/h4-11H,3,12H2,1-2H3. The molecule has 0 atom stereocenters. The van der Waals surface area contributed by atoms with Crippen LogP contribution in [0.25, 0.3) is 0 Å². The van der Waals surface area contributed by atoms with E-state index < -0.39 is 30.3 Å². The minimum absolute atomic E-state index is 0.298. The molecule has 122 valence electrons. The van der Waals surface area contributed by atoms with E-state index in [1.54, 1.807) is 38.2 Å². The zero-order valence-electron chi connectivity index (χ0n) is 13.0. The first-order valence-electron chi connectivity index (χ1n) is 6.68. The van der Waals surface area contributed by atoms with Crippen molar-refractivity contribution in [2.75, 3.05) is 0 Å². The molecule has 23 heavy (non-hydrogen) atoms. The highest BCUT2D eigenvalue weighted by atomic mass is 16.6. The Morgan fingerprint density at radius 3 is 1.78 bits per heavy atom. The van der Waals surface area contributed by atoms with Gasteiger partial charge < -0.3 is 9.47 Å². The van der Waals surface area contributed by atoms with Gasteiger partial charge in [-0.1, -0.05) is 43.0 Å². The first-order chi connectivity index (χ1) is 10.9. The summed E-state index contributed by atoms with van der Waals surface area (Å²) < 4.78 is 8.86. The molecule has 0 saturated heterocycles. The second-order valence-electron chi connectivity index (χ2n) is 4.05. The molecule has 0 aliphatic heterocycles. The summed E-state index contributed by atoms with van der Waals surface area (Å²) >= 11 is 0. The molecular formula is C17H18O6. The fraction of sp³-hybridized carbons (Fsp3) is 0.176. The van der Waals surface area contributed by atoms with Gasteiger partial charge in [-0.15, -0.1) is 0 Å². The first kappa shape index (κ1) is 20.0. The molecule has 6 nitrogen and oxygen atoms in total. The summed E-state index contributed by atoms with van der Waals surface area (Å²) in [5.74, 6) is -3.81. The molecule has 0 saturated carbocycles. The molecule has 0 N–H and O–H groups in total. The van der Waals surface area contributed by atoms with Gasteiger partial charge in [0.1, 0.15) is 0 Å². The van der Waals surface area contributed by atoms with E-state index in [1.165, 1.54) is 12.2 Å². The molecule has 0 unspecified atom stereocenters. The average molecular weight is 318 g/mol. The van der Waals surface area contributed by atoms with Gasteiger partial charge in [0, 0.05) is 17.7 Å². The van der Waals surface area contributed by atoms with Gasteiger partial charge in [0.15, 0.2) is 0 Å². The largest absolute Gasteiger partial charge is 0.390 e. The third kappa shape index (κ3) is 10.4. The Morgan fingerprint density at radius 2 is 1.30 bits per heavy atom. The lowest BCUT2D eigenvalue weighted by Crippen LogP contribution is -2.17. The lowest BCUT2D eigenvalue weighted by Gasteiger charge is -2.03. The fourth-order valence-corrected chi connectivity index (χ4v) is 1.12. The highest BCUT2D eigenvalue weighted by Crippen LogP contribution is 2.04. The molecule has 0 rings (SSSR count). The summed E-state index contributed by atoms with van der Waals surface area (Å²) in [5.41, 5.74) is -0.298. The number of ether oxygens (including phenoxy) is 2. The molecule has 0 radical (unpaired) electrons. The van der Waals surface area contributed by atoms with Crippen molar-refractivity contribution < 1.29 is 28.7 Å². The zero-order valence-corrected chi connectivity index (χ0v) is 13.0. The predicted molar refractivity (Wildman–Crippen MR) is 83.9 cm³/mol. The smallest absolute Gasteiger partial charge is 0.341 e. The van der Waals surface area contributed by atoms with Crippen molar-refractivity contribution in [3.8, 4) is 0 Å². The number of rotatable bonds is 7. The van der Waals surface area contributed by atoms with Gasteiger partial charge in [0.2, 0.25) is 0 Å². The van der Waals surface area contributed by atoms with Gasteiger partial charge in [-0.3, -0.25) is 4.79 Å². The van der Waals surface area contributed by atoms with E-state index in [4.69, 9.17) is 0 Å². The third-order valence-corrected chi connectivity index (χ3v) is 2.13. The molecule has 0 aliphatic carbocycles. The summed E-state index contributed by atoms with van der Waals surface area (Å²) in [4.78, 5) is 45.4. The molecule has 0 amide bonds. The SMILES string of the molecule is C=C(CC(=O)OC(=O)C=CC=CC)C(=O)OC(=O)C=CC=CC. The van der Waals surface area contributed by atoms with Crippen molar-refractivity contribution in [1.29, 1.82) is 0 Å². The van der Waals surface area contributed by atoms with Crippen molar-refractivity contribution in [3.05, 3.63) is 60.8 Å². The van der Waals surface area contributed by atoms with E-state index in [9.17, 15) is 19.2 Å². The molecule has 0 spiro atoms. The molecule has 0 aliphatic rings. The van der Waals surface area contributed by atoms with Crippen LogP contribution in [0.3, 0.4) is 0 Å². The number of carbonyl (C=O) groups excluding carboxylic acids is 4. The second-order valence-corrected chi connectivity index (χ2v) is 4.05. The van der Waals surface area contributed by atoms with E-state index in [1.807, 2.05) is 0 Å². The van der Waals surface area contributed by atoms with E-state index in [0.29, 0.717) is 0 Å². The number of esters is 4. The van der Waals surface area contributed by atoms with Crippen molar-refractivity contribution in [1.82, 2.24) is 0 Å². The van der Waals surface area contributed by atoms with E-state index in [2.05, 4.69) is 16.1 Å². The third-order valence-electron chi connectivity index (χ3n) is 2.13. The first-order valence-corrected chi connectivity index (χ1v) is 6.68. The minimum atomic E-state index is -1.06. The topological polar surface area (TPSA) is 86.7 Å². The maximum atomic E-state index is 11.5. The maximum Gasteiger partial charge on any atom is 0.341 e. The summed E-state index contributed by atoms with van der Waals surface area (Å²) in [6, 6.07) is 0. The summed E-state index contributed by atoms with van der Waals surface area (Å²) in [6.45, 7) is 6.83. The van der Waals surface area contributed by atoms with E-state index in [-0.39, 0.29) is 5.57 Å². The Kier molecular flexibility index (Phi) is 10.1. The van der Waals surface area contributed by atoms with Gasteiger partial charge in [-0.2, -0.15) is 0 Å². The van der Waals surface area contributed by atoms with Crippen molar-refractivity contribution in [2.45, 2.75) is 20.3 Å². The molecule has 0 aromatic rings. The normalized spacial score (nSPS) is 11.4. The van der Waals surface area contributed by atoms with Crippen LogP contribution in [0.4, 0.5) is 0 Å². The number of carbonyl (C=O) groups is 4. The maximum absolute atomic E-state index is 11.5. The molecule has 6 heteroatoms. The highest BCUT2D eigenvalue weighted by Gasteiger charge is 2.17.